The first-order valence-corrected chi connectivity index (χ1v) is 38.2. The van der Waals surface area contributed by atoms with Crippen molar-refractivity contribution in [2.75, 3.05) is 90.4 Å². The van der Waals surface area contributed by atoms with Crippen molar-refractivity contribution in [3.63, 3.8) is 0 Å². The maximum Gasteiger partial charge on any atom is 0.310 e. The minimum absolute atomic E-state index is 0.175. The highest BCUT2D eigenvalue weighted by atomic mass is 33.1. The monoisotopic (exact) mass is 1320 g/mol. The quantitative estimate of drug-likeness (QED) is 0.0154. The summed E-state index contributed by atoms with van der Waals surface area (Å²) >= 11 is 0. The number of unbranched alkanes of at least 4 members (excludes halogenated alkanes) is 8. The number of benzene rings is 2. The van der Waals surface area contributed by atoms with Crippen LogP contribution < -0.4 is 0 Å². The summed E-state index contributed by atoms with van der Waals surface area (Å²) in [5.41, 5.74) is 3.50. The standard InChI is InChI=1S/C76H120N2O12S2/c1-5-9-13-17-21-25-53-85-75(86-54-26-22-18-14-10-6-2)39-37-71(79)89-63-69-33-29-67(30-34-69)61-73(81)83-57-45-65-41-47-77(48-42-65)51-59-91-92-60-52-78-49-43-66(44-50-78)46-58-84-74(82)62-68-31-35-70(36-32-68)64-90-72(80)38-40-76(87-55-27-23-19-15-11-7-3)88-56-28-24-20-16-12-8-4/h9-16,29-36,65-66,75-76H,5-8,17-28,37-64H2,1-4H3/b13-9-,14-10-,15-11-,16-12-. The fourth-order valence-corrected chi connectivity index (χ4v) is 13.0. The molecule has 16 heteroatoms. The number of rotatable bonds is 55. The maximum atomic E-state index is 12.7. The van der Waals surface area contributed by atoms with Gasteiger partial charge in [-0.2, -0.15) is 0 Å². The van der Waals surface area contributed by atoms with Gasteiger partial charge in [0.15, 0.2) is 12.6 Å². The Hall–Kier alpha value is -4.26. The number of allylic oxidation sites excluding steroid dienone is 8. The molecule has 518 valence electrons. The normalized spacial score (nSPS) is 14.7. The first-order valence-electron chi connectivity index (χ1n) is 35.7. The van der Waals surface area contributed by atoms with E-state index in [0.29, 0.717) is 64.3 Å². The molecule has 0 saturated carbocycles. The van der Waals surface area contributed by atoms with E-state index in [2.05, 4.69) is 86.1 Å². The molecule has 2 saturated heterocycles. The number of hydrogen-bond donors (Lipinski definition) is 0. The highest BCUT2D eigenvalue weighted by Crippen LogP contribution is 2.26. The van der Waals surface area contributed by atoms with Gasteiger partial charge in [0.1, 0.15) is 13.2 Å². The van der Waals surface area contributed by atoms with Gasteiger partial charge in [0.05, 0.1) is 38.9 Å². The van der Waals surface area contributed by atoms with Crippen LogP contribution >= 0.6 is 21.6 Å². The molecule has 92 heavy (non-hydrogen) atoms. The van der Waals surface area contributed by atoms with E-state index in [-0.39, 0.29) is 62.8 Å². The van der Waals surface area contributed by atoms with Gasteiger partial charge >= 0.3 is 23.9 Å². The second-order valence-corrected chi connectivity index (χ2v) is 27.2. The summed E-state index contributed by atoms with van der Waals surface area (Å²) in [6, 6.07) is 15.3. The van der Waals surface area contributed by atoms with Gasteiger partial charge in [-0.3, -0.25) is 19.2 Å². The lowest BCUT2D eigenvalue weighted by Gasteiger charge is -2.32. The Morgan fingerprint density at radius 3 is 1.04 bits per heavy atom. The molecule has 0 aliphatic carbocycles. The number of nitrogens with zero attached hydrogens (tertiary/aromatic N) is 2. The van der Waals surface area contributed by atoms with E-state index < -0.39 is 12.6 Å². The van der Waals surface area contributed by atoms with Crippen molar-refractivity contribution in [3.8, 4) is 0 Å². The van der Waals surface area contributed by atoms with Gasteiger partial charge in [0.25, 0.3) is 0 Å². The smallest absolute Gasteiger partial charge is 0.310 e. The predicted octanol–water partition coefficient (Wildman–Crippen LogP) is 17.1. The van der Waals surface area contributed by atoms with E-state index in [1.807, 2.05) is 70.1 Å². The third kappa shape index (κ3) is 42.2. The summed E-state index contributed by atoms with van der Waals surface area (Å²) in [4.78, 5) is 56.1. The van der Waals surface area contributed by atoms with E-state index in [0.717, 1.165) is 214 Å². The number of carbonyl (C=O) groups excluding carboxylic acids is 4. The SMILES string of the molecule is CC/C=C\CCCCOC(CCC(=O)OCc1ccc(CC(=O)OCCC2CCN(CCSSCCN3CCC(CCOC(=O)Cc4ccc(COC(=O)CCC(OCCCC/C=C\CC)OCCCC/C=C\CC)cc4)CC3)CC2)cc1)OCCCC/C=C\CC. The van der Waals surface area contributed by atoms with Crippen LogP contribution in [0.4, 0.5) is 0 Å². The average molecular weight is 1320 g/mol. The third-order valence-corrected chi connectivity index (χ3v) is 19.0. The molecular weight excluding hydrogens is 1200 g/mol. The van der Waals surface area contributed by atoms with Gasteiger partial charge in [0, 0.05) is 63.9 Å². The summed E-state index contributed by atoms with van der Waals surface area (Å²) in [6.45, 7) is 18.9. The summed E-state index contributed by atoms with van der Waals surface area (Å²) < 4.78 is 46.8. The number of likely N-dealkylation sites (tertiary alicyclic amines) is 2. The third-order valence-electron chi connectivity index (χ3n) is 16.7. The molecule has 0 bridgehead atoms. The molecule has 2 heterocycles. The van der Waals surface area contributed by atoms with Gasteiger partial charge < -0.3 is 47.7 Å². The second kappa shape index (κ2) is 54.9. The lowest BCUT2D eigenvalue weighted by atomic mass is 9.94. The van der Waals surface area contributed by atoms with Gasteiger partial charge in [-0.15, -0.1) is 0 Å². The van der Waals surface area contributed by atoms with Crippen molar-refractivity contribution < 1.29 is 57.1 Å². The van der Waals surface area contributed by atoms with E-state index in [1.165, 1.54) is 0 Å². The van der Waals surface area contributed by atoms with Crippen LogP contribution in [0.2, 0.25) is 0 Å². The molecule has 4 rings (SSSR count). The van der Waals surface area contributed by atoms with Gasteiger partial charge in [0.2, 0.25) is 0 Å². The summed E-state index contributed by atoms with van der Waals surface area (Å²) in [5.74, 6) is 2.41. The minimum Gasteiger partial charge on any atom is -0.465 e. The fourth-order valence-electron chi connectivity index (χ4n) is 10.9. The van der Waals surface area contributed by atoms with Gasteiger partial charge in [-0.1, -0.05) is 146 Å². The minimum atomic E-state index is -0.423. The number of piperidine rings is 2. The summed E-state index contributed by atoms with van der Waals surface area (Å²) in [5, 5.41) is 0. The number of carbonyl (C=O) groups is 4. The number of ether oxygens (including phenoxy) is 8. The molecule has 0 unspecified atom stereocenters. The summed E-state index contributed by atoms with van der Waals surface area (Å²) in [7, 11) is 3.96. The molecule has 0 radical (unpaired) electrons. The van der Waals surface area contributed by atoms with Crippen molar-refractivity contribution in [1.82, 2.24) is 9.80 Å². The van der Waals surface area contributed by atoms with Crippen LogP contribution in [0.5, 0.6) is 0 Å². The number of esters is 4. The Kier molecular flexibility index (Phi) is 47.9. The molecule has 2 aliphatic heterocycles. The van der Waals surface area contributed by atoms with Gasteiger partial charge in [-0.25, -0.2) is 0 Å². The van der Waals surface area contributed by atoms with E-state index in [4.69, 9.17) is 37.9 Å². The van der Waals surface area contributed by atoms with Crippen LogP contribution in [0.1, 0.15) is 217 Å². The van der Waals surface area contributed by atoms with E-state index >= 15 is 0 Å². The first kappa shape index (κ1) is 80.2. The fraction of sp³-hybridized carbons (Fsp3) is 0.684. The maximum absolute atomic E-state index is 12.7. The molecule has 0 amide bonds. The first-order chi connectivity index (χ1) is 45.2. The molecule has 14 nitrogen and oxygen atoms in total. The molecule has 2 aromatic rings. The molecule has 0 N–H and O–H groups in total. The van der Waals surface area contributed by atoms with Crippen molar-refractivity contribution in [2.24, 2.45) is 11.8 Å². The van der Waals surface area contributed by atoms with E-state index in [9.17, 15) is 19.2 Å². The predicted molar refractivity (Wildman–Crippen MR) is 377 cm³/mol. The average Bonchev–Trinajstić information content (AvgIpc) is 3.78. The lowest BCUT2D eigenvalue weighted by molar-refractivity contribution is -0.160. The van der Waals surface area contributed by atoms with Crippen molar-refractivity contribution >= 4 is 45.5 Å². The van der Waals surface area contributed by atoms with Crippen LogP contribution in [-0.2, 0) is 83.1 Å². The summed E-state index contributed by atoms with van der Waals surface area (Å²) in [6.07, 6.45) is 41.4. The molecule has 0 atom stereocenters. The Morgan fingerprint density at radius 1 is 0.413 bits per heavy atom. The van der Waals surface area contributed by atoms with Crippen molar-refractivity contribution in [3.05, 3.63) is 119 Å². The van der Waals surface area contributed by atoms with Crippen molar-refractivity contribution in [2.45, 2.75) is 233 Å². The van der Waals surface area contributed by atoms with Crippen LogP contribution in [0.3, 0.4) is 0 Å². The van der Waals surface area contributed by atoms with Crippen LogP contribution in [0.25, 0.3) is 0 Å². The molecule has 2 fully saturated rings. The Labute approximate surface area is 564 Å². The molecular formula is C76H120N2O12S2. The topological polar surface area (TPSA) is 149 Å². The molecule has 0 aromatic heterocycles. The Bertz CT molecular complexity index is 2090. The Morgan fingerprint density at radius 2 is 0.728 bits per heavy atom. The highest BCUT2D eigenvalue weighted by Gasteiger charge is 2.22. The van der Waals surface area contributed by atoms with Crippen LogP contribution in [0.15, 0.2) is 97.1 Å². The lowest BCUT2D eigenvalue weighted by Crippen LogP contribution is -2.36. The Balaban J connectivity index is 0.956. The molecule has 0 spiro atoms. The van der Waals surface area contributed by atoms with Crippen LogP contribution in [0, 0.1) is 11.8 Å². The second-order valence-electron chi connectivity index (χ2n) is 24.5. The molecule has 2 aromatic carbocycles. The molecule has 2 aliphatic rings. The van der Waals surface area contributed by atoms with Crippen LogP contribution in [-0.4, -0.2) is 137 Å². The van der Waals surface area contributed by atoms with Gasteiger partial charge in [-0.05, 0) is 202 Å². The van der Waals surface area contributed by atoms with Crippen molar-refractivity contribution in [1.29, 1.82) is 0 Å². The van der Waals surface area contributed by atoms with E-state index in [1.54, 1.807) is 0 Å². The number of hydrogen-bond acceptors (Lipinski definition) is 16. The zero-order valence-electron chi connectivity index (χ0n) is 57.3. The highest BCUT2D eigenvalue weighted by molar-refractivity contribution is 8.76. The zero-order valence-corrected chi connectivity index (χ0v) is 58.9. The zero-order chi connectivity index (χ0) is 65.6. The largest absolute Gasteiger partial charge is 0.465 e.